The molecule has 0 aromatic heterocycles. The molecule has 0 amide bonds. The predicted octanol–water partition coefficient (Wildman–Crippen LogP) is 10.6. The minimum absolute atomic E-state index is 0.0179. The Morgan fingerprint density at radius 3 is 2.38 bits per heavy atom. The molecular formula is C64H69NO11. The Hall–Kier alpha value is -6.86. The number of fused-ring (bicyclic) bond motifs is 6. The maximum atomic E-state index is 14.8. The molecule has 9 unspecified atom stereocenters. The van der Waals surface area contributed by atoms with E-state index < -0.39 is 35.7 Å². The van der Waals surface area contributed by atoms with Gasteiger partial charge in [-0.15, -0.1) is 0 Å². The number of aryl methyl sites for hydroxylation is 1. The van der Waals surface area contributed by atoms with E-state index in [4.69, 9.17) is 23.7 Å². The summed E-state index contributed by atoms with van der Waals surface area (Å²) in [6, 6.07) is 33.5. The van der Waals surface area contributed by atoms with Crippen LogP contribution in [0, 0.1) is 23.2 Å². The van der Waals surface area contributed by atoms with Gasteiger partial charge in [0.1, 0.15) is 18.0 Å². The van der Waals surface area contributed by atoms with Crippen LogP contribution in [0.5, 0.6) is 28.7 Å². The van der Waals surface area contributed by atoms with Crippen molar-refractivity contribution in [3.05, 3.63) is 153 Å². The molecule has 5 aliphatic rings. The second kappa shape index (κ2) is 21.3. The molecule has 9 atom stereocenters. The smallest absolute Gasteiger partial charge is 0.310 e. The van der Waals surface area contributed by atoms with E-state index in [1.165, 1.54) is 25.2 Å². The fraction of sp³-hybridized carbons (Fsp3) is 0.406. The standard InChI is InChI=1S/C64H69NO11/c1-5-74-19-9-18-65-35-38-10-8-13-41(20-38)49-29-46(67)24-42-15-14-37(21-48(42)49)22-62(71)76-47-30-52-50-33-61(73-4)57(69)27-43(50)25-53-56(68)34-54-51-32-58(70)60(72-3)28-44(51)26-55(59(31-47)75-36(2)66)64(54,63(52)53)45-17-16-39-11-6-7-12-40(39)23-45/h6-8,10-15,20-21,23-24,27-29,32-33,47,52-56,59,63,65,67-70H,5,9,16-19,22,25-26,30-31,34-35H2,1-4H3. The zero-order valence-corrected chi connectivity index (χ0v) is 43.9. The highest BCUT2D eigenvalue weighted by Gasteiger charge is 2.67. The molecule has 11 rings (SSSR count). The van der Waals surface area contributed by atoms with Crippen LogP contribution in [-0.2, 0) is 56.0 Å². The molecule has 2 fully saturated rings. The molecule has 5 aliphatic carbocycles. The quantitative estimate of drug-likeness (QED) is 0.0487. The fourth-order valence-electron chi connectivity index (χ4n) is 14.7. The van der Waals surface area contributed by atoms with Crippen molar-refractivity contribution < 1.29 is 53.7 Å². The van der Waals surface area contributed by atoms with Crippen LogP contribution >= 0.6 is 0 Å². The molecule has 6 aromatic rings. The van der Waals surface area contributed by atoms with Gasteiger partial charge in [-0.3, -0.25) is 9.59 Å². The number of allylic oxidation sites excluding steroid dienone is 1. The van der Waals surface area contributed by atoms with E-state index in [2.05, 4.69) is 47.8 Å². The number of methoxy groups -OCH3 is 2. The number of phenols is 3. The third kappa shape index (κ3) is 9.47. The molecule has 6 aromatic carbocycles. The van der Waals surface area contributed by atoms with Crippen LogP contribution in [0.25, 0.3) is 28.0 Å². The van der Waals surface area contributed by atoms with Gasteiger partial charge >= 0.3 is 11.9 Å². The van der Waals surface area contributed by atoms with Gasteiger partial charge in [0.25, 0.3) is 0 Å². The van der Waals surface area contributed by atoms with Crippen LogP contribution in [0.15, 0.2) is 109 Å². The van der Waals surface area contributed by atoms with Crippen molar-refractivity contribution in [3.8, 4) is 39.9 Å². The number of ether oxygens (including phenoxy) is 5. The van der Waals surface area contributed by atoms with Gasteiger partial charge in [-0.05, 0) is 197 Å². The molecule has 12 heteroatoms. The molecule has 2 saturated carbocycles. The molecular weight excluding hydrogens is 959 g/mol. The first-order chi connectivity index (χ1) is 36.9. The Morgan fingerprint density at radius 1 is 0.763 bits per heavy atom. The number of phenolic OH excluding ortho intramolecular Hbond substituents is 3. The maximum absolute atomic E-state index is 14.8. The monoisotopic (exact) mass is 1030 g/mol. The van der Waals surface area contributed by atoms with E-state index in [1.54, 1.807) is 25.3 Å². The Labute approximate surface area is 444 Å². The fourth-order valence-corrected chi connectivity index (χ4v) is 14.7. The number of carbonyl (C=O) groups is 2. The number of aromatic hydroxyl groups is 3. The second-order valence-corrected chi connectivity index (χ2v) is 21.8. The number of esters is 2. The van der Waals surface area contributed by atoms with E-state index in [1.807, 2.05) is 55.5 Å². The number of aliphatic hydroxyl groups is 1. The number of hydrogen-bond acceptors (Lipinski definition) is 12. The summed E-state index contributed by atoms with van der Waals surface area (Å²) in [5.41, 5.74) is 10.3. The van der Waals surface area contributed by atoms with Gasteiger partial charge in [-0.2, -0.15) is 0 Å². The Bertz CT molecular complexity index is 3220. The normalized spacial score (nSPS) is 25.1. The number of nitrogens with one attached hydrogen (secondary N) is 1. The highest BCUT2D eigenvalue weighted by atomic mass is 16.6. The summed E-state index contributed by atoms with van der Waals surface area (Å²) in [6.07, 6.45) is 4.49. The lowest BCUT2D eigenvalue weighted by Gasteiger charge is -2.66. The van der Waals surface area contributed by atoms with Gasteiger partial charge in [0.15, 0.2) is 23.0 Å². The van der Waals surface area contributed by atoms with Crippen molar-refractivity contribution in [2.75, 3.05) is 34.0 Å². The zero-order valence-electron chi connectivity index (χ0n) is 43.9. The van der Waals surface area contributed by atoms with E-state index in [0.717, 1.165) is 86.7 Å². The second-order valence-electron chi connectivity index (χ2n) is 21.8. The first kappa shape index (κ1) is 51.3. The summed E-state index contributed by atoms with van der Waals surface area (Å²) >= 11 is 0. The third-order valence-electron chi connectivity index (χ3n) is 17.6. The summed E-state index contributed by atoms with van der Waals surface area (Å²) in [6.45, 7) is 6.35. The maximum Gasteiger partial charge on any atom is 0.310 e. The van der Waals surface area contributed by atoms with Crippen LogP contribution in [0.1, 0.15) is 102 Å². The van der Waals surface area contributed by atoms with Crippen LogP contribution in [0.4, 0.5) is 0 Å². The van der Waals surface area contributed by atoms with E-state index >= 15 is 0 Å². The lowest BCUT2D eigenvalue weighted by Crippen LogP contribution is -2.63. The van der Waals surface area contributed by atoms with Crippen molar-refractivity contribution in [3.63, 3.8) is 0 Å². The Balaban J connectivity index is 0.999. The lowest BCUT2D eigenvalue weighted by molar-refractivity contribution is -0.177. The van der Waals surface area contributed by atoms with E-state index in [9.17, 15) is 30.0 Å². The molecule has 0 spiro atoms. The summed E-state index contributed by atoms with van der Waals surface area (Å²) in [4.78, 5) is 28.4. The van der Waals surface area contributed by atoms with Gasteiger partial charge in [0.05, 0.1) is 26.7 Å². The minimum Gasteiger partial charge on any atom is -0.508 e. The molecule has 12 nitrogen and oxygen atoms in total. The summed E-state index contributed by atoms with van der Waals surface area (Å²) in [5, 5.41) is 51.8. The van der Waals surface area contributed by atoms with Gasteiger partial charge in [-0.1, -0.05) is 66.2 Å². The molecule has 76 heavy (non-hydrogen) atoms. The van der Waals surface area contributed by atoms with Crippen molar-refractivity contribution in [2.24, 2.45) is 23.2 Å². The first-order valence-electron chi connectivity index (χ1n) is 27.1. The Kier molecular flexibility index (Phi) is 14.4. The van der Waals surface area contributed by atoms with Gasteiger partial charge < -0.3 is 49.4 Å². The highest BCUT2D eigenvalue weighted by Crippen LogP contribution is 2.72. The van der Waals surface area contributed by atoms with Crippen molar-refractivity contribution >= 4 is 28.8 Å². The average Bonchev–Trinajstić information content (AvgIpc) is 3.56. The van der Waals surface area contributed by atoms with Gasteiger partial charge in [0, 0.05) is 44.4 Å². The van der Waals surface area contributed by atoms with Crippen LogP contribution in [0.3, 0.4) is 0 Å². The highest BCUT2D eigenvalue weighted by molar-refractivity contribution is 5.98. The van der Waals surface area contributed by atoms with Gasteiger partial charge in [-0.25, -0.2) is 0 Å². The van der Waals surface area contributed by atoms with Crippen molar-refractivity contribution in [1.29, 1.82) is 0 Å². The number of aliphatic hydroxyl groups excluding tert-OH is 1. The number of rotatable bonds is 15. The summed E-state index contributed by atoms with van der Waals surface area (Å²) in [7, 11) is 3.08. The lowest BCUT2D eigenvalue weighted by atomic mass is 9.38. The molecule has 0 radical (unpaired) electrons. The zero-order chi connectivity index (χ0) is 52.8. The molecule has 5 N–H and O–H groups in total. The number of carbonyl (C=O) groups excluding carboxylic acids is 2. The van der Waals surface area contributed by atoms with E-state index in [0.29, 0.717) is 56.9 Å². The molecule has 0 saturated heterocycles. The van der Waals surface area contributed by atoms with Crippen LogP contribution in [0.2, 0.25) is 0 Å². The number of hydrogen-bond donors (Lipinski definition) is 5. The number of benzene rings is 6. The molecule has 0 bridgehead atoms. The third-order valence-corrected chi connectivity index (χ3v) is 17.6. The van der Waals surface area contributed by atoms with Crippen LogP contribution in [-0.4, -0.2) is 84.7 Å². The summed E-state index contributed by atoms with van der Waals surface area (Å²) in [5.74, 6) is -1.55. The van der Waals surface area contributed by atoms with Gasteiger partial charge in [0.2, 0.25) is 0 Å². The average molecular weight is 1030 g/mol. The summed E-state index contributed by atoms with van der Waals surface area (Å²) < 4.78 is 30.4. The SMILES string of the molecule is CCOCCCNCc1cccc(-c2cc(O)cc3ccc(CC(=O)OC4CC(OC(C)=O)C5Cc6cc(OC)c(O)cc6C6CC(O)C7Cc8cc(O)c(OC)cc8C(C4)C7C65C4=Cc5ccccc5CC4)cc23)c1. The Morgan fingerprint density at radius 2 is 1.57 bits per heavy atom. The minimum atomic E-state index is -0.780. The molecule has 0 aliphatic heterocycles. The largest absolute Gasteiger partial charge is 0.508 e. The topological polar surface area (TPSA) is 173 Å². The molecule has 396 valence electrons. The first-order valence-corrected chi connectivity index (χ1v) is 27.1. The van der Waals surface area contributed by atoms with E-state index in [-0.39, 0.29) is 59.7 Å². The van der Waals surface area contributed by atoms with Crippen molar-refractivity contribution in [2.45, 2.75) is 108 Å². The van der Waals surface area contributed by atoms with Crippen molar-refractivity contribution in [1.82, 2.24) is 5.32 Å². The molecule has 0 heterocycles. The van der Waals surface area contributed by atoms with Crippen LogP contribution < -0.4 is 14.8 Å². The predicted molar refractivity (Wildman–Crippen MR) is 291 cm³/mol.